The van der Waals surface area contributed by atoms with Gasteiger partial charge < -0.3 is 20.1 Å². The van der Waals surface area contributed by atoms with Gasteiger partial charge in [0.05, 0.1) is 0 Å². The Hall–Kier alpha value is -0.570. The van der Waals surface area contributed by atoms with Gasteiger partial charge in [0.25, 0.3) is 0 Å². The summed E-state index contributed by atoms with van der Waals surface area (Å²) in [5, 5.41) is 6.38. The summed E-state index contributed by atoms with van der Waals surface area (Å²) in [6.07, 6.45) is 6.03. The molecule has 0 aromatic carbocycles. The Balaban J connectivity index is 0.00000529. The topological polar surface area (TPSA) is 72.0 Å². The van der Waals surface area contributed by atoms with Crippen molar-refractivity contribution in [2.75, 3.05) is 33.9 Å². The van der Waals surface area contributed by atoms with Gasteiger partial charge in [-0.15, -0.1) is 24.0 Å². The van der Waals surface area contributed by atoms with Crippen LogP contribution in [0.1, 0.15) is 52.9 Å². The lowest BCUT2D eigenvalue weighted by molar-refractivity contribution is -0.153. The molecular formula is C17H34IN3O3. The highest BCUT2D eigenvalue weighted by atomic mass is 127. The van der Waals surface area contributed by atoms with Crippen LogP contribution in [0.3, 0.4) is 0 Å². The fourth-order valence-electron chi connectivity index (χ4n) is 2.98. The highest BCUT2D eigenvalue weighted by molar-refractivity contribution is 14.0. The molecule has 1 aliphatic rings. The van der Waals surface area contributed by atoms with Crippen molar-refractivity contribution < 1.29 is 14.3 Å². The van der Waals surface area contributed by atoms with Gasteiger partial charge in [-0.25, -0.2) is 0 Å². The van der Waals surface area contributed by atoms with E-state index in [0.717, 1.165) is 19.6 Å². The zero-order chi connectivity index (χ0) is 17.3. The number of hydrogen-bond donors (Lipinski definition) is 2. The molecule has 0 unspecified atom stereocenters. The zero-order valence-corrected chi connectivity index (χ0v) is 18.1. The average molecular weight is 455 g/mol. The van der Waals surface area contributed by atoms with Crippen LogP contribution in [0.4, 0.5) is 0 Å². The van der Waals surface area contributed by atoms with Gasteiger partial charge in [0.15, 0.2) is 5.96 Å². The number of nitrogens with one attached hydrogen (secondary N) is 2. The SMILES string of the molecule is CN=C(NCC(=O)OC(C)(C)C)NCC1(CCOC)CCCC1.I. The van der Waals surface area contributed by atoms with Crippen molar-refractivity contribution in [3.8, 4) is 0 Å². The number of nitrogens with zero attached hydrogens (tertiary/aromatic N) is 1. The molecule has 0 aromatic rings. The van der Waals surface area contributed by atoms with Crippen molar-refractivity contribution in [3.63, 3.8) is 0 Å². The first-order valence-electron chi connectivity index (χ1n) is 8.45. The monoisotopic (exact) mass is 455 g/mol. The molecule has 2 N–H and O–H groups in total. The second-order valence-electron chi connectivity index (χ2n) is 7.32. The summed E-state index contributed by atoms with van der Waals surface area (Å²) < 4.78 is 10.5. The standard InChI is InChI=1S/C17H33N3O3.HI/c1-16(2,3)23-14(21)12-19-15(18-4)20-13-17(10-11-22-5)8-6-7-9-17;/h6-13H2,1-5H3,(H2,18,19,20);1H. The van der Waals surface area contributed by atoms with Crippen LogP contribution >= 0.6 is 24.0 Å². The lowest BCUT2D eigenvalue weighted by Gasteiger charge is -2.30. The lowest BCUT2D eigenvalue weighted by Crippen LogP contribution is -2.45. The molecule has 24 heavy (non-hydrogen) atoms. The minimum Gasteiger partial charge on any atom is -0.459 e. The predicted octanol–water partition coefficient (Wildman–Crippen LogP) is 2.71. The Bertz CT molecular complexity index is 402. The summed E-state index contributed by atoms with van der Waals surface area (Å²) in [5.41, 5.74) is -0.191. The fraction of sp³-hybridized carbons (Fsp3) is 0.882. The number of hydrogen-bond acceptors (Lipinski definition) is 4. The number of halogens is 1. The van der Waals surface area contributed by atoms with Crippen LogP contribution in [-0.2, 0) is 14.3 Å². The largest absolute Gasteiger partial charge is 0.459 e. The van der Waals surface area contributed by atoms with Gasteiger partial charge in [-0.3, -0.25) is 9.79 Å². The van der Waals surface area contributed by atoms with Gasteiger partial charge in [-0.2, -0.15) is 0 Å². The molecule has 1 rings (SSSR count). The van der Waals surface area contributed by atoms with Gasteiger partial charge in [0.1, 0.15) is 12.1 Å². The second-order valence-corrected chi connectivity index (χ2v) is 7.32. The quantitative estimate of drug-likeness (QED) is 0.267. The van der Waals surface area contributed by atoms with Crippen molar-refractivity contribution in [2.24, 2.45) is 10.4 Å². The minimum absolute atomic E-state index is 0. The van der Waals surface area contributed by atoms with E-state index in [1.165, 1.54) is 25.7 Å². The Morgan fingerprint density at radius 1 is 1.21 bits per heavy atom. The fourth-order valence-corrected chi connectivity index (χ4v) is 2.98. The molecule has 0 aliphatic heterocycles. The molecule has 0 bridgehead atoms. The summed E-state index contributed by atoms with van der Waals surface area (Å²) in [7, 11) is 3.46. The van der Waals surface area contributed by atoms with Crippen LogP contribution in [-0.4, -0.2) is 51.4 Å². The van der Waals surface area contributed by atoms with E-state index in [-0.39, 0.29) is 41.9 Å². The molecule has 1 aliphatic carbocycles. The maximum atomic E-state index is 11.8. The summed E-state index contributed by atoms with van der Waals surface area (Å²) in [4.78, 5) is 15.9. The number of esters is 1. The van der Waals surface area contributed by atoms with Gasteiger partial charge >= 0.3 is 5.97 Å². The Labute approximate surface area is 163 Å². The van der Waals surface area contributed by atoms with Crippen molar-refractivity contribution in [3.05, 3.63) is 0 Å². The summed E-state index contributed by atoms with van der Waals surface area (Å²) in [6.45, 7) is 7.32. The number of guanidine groups is 1. The van der Waals surface area contributed by atoms with Crippen molar-refractivity contribution in [1.82, 2.24) is 10.6 Å². The van der Waals surface area contributed by atoms with Crippen LogP contribution in [0.15, 0.2) is 4.99 Å². The maximum absolute atomic E-state index is 11.8. The van der Waals surface area contributed by atoms with Crippen LogP contribution in [0.25, 0.3) is 0 Å². The number of rotatable bonds is 7. The highest BCUT2D eigenvalue weighted by Gasteiger charge is 2.33. The molecule has 0 spiro atoms. The van der Waals surface area contributed by atoms with E-state index in [4.69, 9.17) is 9.47 Å². The number of ether oxygens (including phenoxy) is 2. The Morgan fingerprint density at radius 3 is 2.33 bits per heavy atom. The number of carbonyl (C=O) groups excluding carboxylic acids is 1. The van der Waals surface area contributed by atoms with Gasteiger partial charge in [-0.1, -0.05) is 12.8 Å². The van der Waals surface area contributed by atoms with E-state index < -0.39 is 5.60 Å². The molecule has 1 fully saturated rings. The van der Waals surface area contributed by atoms with Gasteiger partial charge in [-0.05, 0) is 45.4 Å². The molecular weight excluding hydrogens is 421 g/mol. The summed E-state index contributed by atoms with van der Waals surface area (Å²) >= 11 is 0. The first kappa shape index (κ1) is 23.4. The van der Waals surface area contributed by atoms with E-state index in [9.17, 15) is 4.79 Å². The normalized spacial score (nSPS) is 17.1. The van der Waals surface area contributed by atoms with E-state index >= 15 is 0 Å². The highest BCUT2D eigenvalue weighted by Crippen LogP contribution is 2.40. The van der Waals surface area contributed by atoms with Crippen molar-refractivity contribution in [2.45, 2.75) is 58.5 Å². The number of methoxy groups -OCH3 is 1. The molecule has 0 saturated heterocycles. The summed E-state index contributed by atoms with van der Waals surface area (Å²) in [5.74, 6) is 0.356. The van der Waals surface area contributed by atoms with Crippen LogP contribution in [0.2, 0.25) is 0 Å². The number of carbonyl (C=O) groups is 1. The second kappa shape index (κ2) is 11.1. The number of aliphatic imine (C=N–C) groups is 1. The third-order valence-corrected chi connectivity index (χ3v) is 4.18. The van der Waals surface area contributed by atoms with Gasteiger partial charge in [0.2, 0.25) is 0 Å². The predicted molar refractivity (Wildman–Crippen MR) is 108 cm³/mol. The van der Waals surface area contributed by atoms with Crippen molar-refractivity contribution in [1.29, 1.82) is 0 Å². The Morgan fingerprint density at radius 2 is 1.83 bits per heavy atom. The van der Waals surface area contributed by atoms with Crippen LogP contribution < -0.4 is 10.6 Å². The van der Waals surface area contributed by atoms with Crippen LogP contribution in [0.5, 0.6) is 0 Å². The first-order valence-corrected chi connectivity index (χ1v) is 8.45. The summed E-state index contributed by atoms with van der Waals surface area (Å²) in [6, 6.07) is 0. The lowest BCUT2D eigenvalue weighted by atomic mass is 9.83. The molecule has 7 heteroatoms. The molecule has 0 atom stereocenters. The minimum atomic E-state index is -0.468. The van der Waals surface area contributed by atoms with Crippen molar-refractivity contribution >= 4 is 35.9 Å². The van der Waals surface area contributed by atoms with E-state index in [2.05, 4.69) is 15.6 Å². The molecule has 1 saturated carbocycles. The smallest absolute Gasteiger partial charge is 0.325 e. The third-order valence-electron chi connectivity index (χ3n) is 4.18. The van der Waals surface area contributed by atoms with E-state index in [1.54, 1.807) is 14.2 Å². The Kier molecular flexibility index (Phi) is 10.9. The van der Waals surface area contributed by atoms with E-state index in [1.807, 2.05) is 20.8 Å². The van der Waals surface area contributed by atoms with Gasteiger partial charge in [0, 0.05) is 27.3 Å². The molecule has 142 valence electrons. The van der Waals surface area contributed by atoms with Crippen LogP contribution in [0, 0.1) is 5.41 Å². The third kappa shape index (κ3) is 9.05. The first-order chi connectivity index (χ1) is 10.8. The molecule has 0 aromatic heterocycles. The van der Waals surface area contributed by atoms with E-state index in [0.29, 0.717) is 5.96 Å². The zero-order valence-electron chi connectivity index (χ0n) is 15.7. The molecule has 0 amide bonds. The molecule has 0 heterocycles. The molecule has 6 nitrogen and oxygen atoms in total. The average Bonchev–Trinajstić information content (AvgIpc) is 2.93. The molecule has 0 radical (unpaired) electrons. The maximum Gasteiger partial charge on any atom is 0.325 e.